The zero-order valence-corrected chi connectivity index (χ0v) is 16.7. The fourth-order valence-corrected chi connectivity index (χ4v) is 4.76. The van der Waals surface area contributed by atoms with E-state index in [9.17, 15) is 0 Å². The van der Waals surface area contributed by atoms with Crippen LogP contribution in [0.3, 0.4) is 0 Å². The Hall–Kier alpha value is -2.11. The molecule has 0 unspecified atom stereocenters. The summed E-state index contributed by atoms with van der Waals surface area (Å²) < 4.78 is 2.01. The number of nitrogens with zero attached hydrogens (tertiary/aromatic N) is 5. The minimum Gasteiger partial charge on any atom is -0.354 e. The molecule has 0 atom stereocenters. The molecule has 2 aliphatic rings. The maximum Gasteiger partial charge on any atom is 0.223 e. The normalized spacial score (nSPS) is 18.7. The Bertz CT molecular complexity index is 743. The predicted molar refractivity (Wildman–Crippen MR) is 110 cm³/mol. The number of rotatable bonds is 6. The molecular weight excluding hydrogens is 336 g/mol. The molecule has 4 rings (SSSR count). The van der Waals surface area contributed by atoms with E-state index in [0.717, 1.165) is 23.8 Å². The summed E-state index contributed by atoms with van der Waals surface area (Å²) in [6, 6.07) is 3.13. The van der Waals surface area contributed by atoms with Crippen molar-refractivity contribution in [2.75, 3.05) is 16.8 Å². The van der Waals surface area contributed by atoms with Crippen LogP contribution in [0.15, 0.2) is 18.5 Å². The van der Waals surface area contributed by atoms with Gasteiger partial charge in [0.2, 0.25) is 5.95 Å². The largest absolute Gasteiger partial charge is 0.354 e. The second-order valence-electron chi connectivity index (χ2n) is 7.97. The van der Waals surface area contributed by atoms with E-state index in [2.05, 4.69) is 27.2 Å². The molecule has 2 aromatic rings. The molecule has 2 heterocycles. The molecule has 0 amide bonds. The first kappa shape index (κ1) is 18.3. The molecule has 0 saturated heterocycles. The maximum absolute atomic E-state index is 4.85. The first-order valence-corrected chi connectivity index (χ1v) is 10.6. The molecule has 2 saturated carbocycles. The summed E-state index contributed by atoms with van der Waals surface area (Å²) in [7, 11) is 2.04. The van der Waals surface area contributed by atoms with E-state index in [0.29, 0.717) is 12.1 Å². The van der Waals surface area contributed by atoms with Crippen LogP contribution in [-0.2, 0) is 7.05 Å². The molecule has 0 spiro atoms. The van der Waals surface area contributed by atoms with Crippen molar-refractivity contribution in [1.29, 1.82) is 0 Å². The third-order valence-electron chi connectivity index (χ3n) is 6.16. The van der Waals surface area contributed by atoms with E-state index in [1.54, 1.807) is 0 Å². The van der Waals surface area contributed by atoms with Gasteiger partial charge >= 0.3 is 0 Å². The lowest BCUT2D eigenvalue weighted by Gasteiger charge is -2.30. The Morgan fingerprint density at radius 2 is 1.85 bits per heavy atom. The summed E-state index contributed by atoms with van der Waals surface area (Å²) in [5.74, 6) is 1.94. The van der Waals surface area contributed by atoms with Gasteiger partial charge in [0.25, 0.3) is 0 Å². The monoisotopic (exact) mass is 368 g/mol. The number of nitrogens with one attached hydrogen (secondary N) is 1. The second-order valence-corrected chi connectivity index (χ2v) is 7.97. The summed E-state index contributed by atoms with van der Waals surface area (Å²) in [4.78, 5) is 11.8. The lowest BCUT2D eigenvalue weighted by atomic mass is 9.96. The van der Waals surface area contributed by atoms with Crippen molar-refractivity contribution in [2.24, 2.45) is 7.05 Å². The summed E-state index contributed by atoms with van der Waals surface area (Å²) >= 11 is 0. The van der Waals surface area contributed by atoms with Gasteiger partial charge in [-0.25, -0.2) is 9.97 Å². The molecular formula is C21H32N6. The van der Waals surface area contributed by atoms with Crippen LogP contribution in [0.2, 0.25) is 0 Å². The zero-order chi connectivity index (χ0) is 18.6. The van der Waals surface area contributed by atoms with Crippen molar-refractivity contribution >= 4 is 11.8 Å². The van der Waals surface area contributed by atoms with E-state index in [1.807, 2.05) is 30.2 Å². The number of aromatic nitrogens is 4. The van der Waals surface area contributed by atoms with Gasteiger partial charge in [0.15, 0.2) is 0 Å². The smallest absolute Gasteiger partial charge is 0.223 e. The number of aryl methyl sites for hydroxylation is 1. The Balaban J connectivity index is 1.60. The van der Waals surface area contributed by atoms with Gasteiger partial charge in [-0.05, 0) is 38.7 Å². The Morgan fingerprint density at radius 1 is 1.11 bits per heavy atom. The van der Waals surface area contributed by atoms with Gasteiger partial charge < -0.3 is 10.2 Å². The molecule has 146 valence electrons. The molecule has 6 heteroatoms. The molecule has 0 aliphatic heterocycles. The highest BCUT2D eigenvalue weighted by atomic mass is 15.4. The van der Waals surface area contributed by atoms with E-state index in [1.165, 1.54) is 63.6 Å². The maximum atomic E-state index is 4.85. The molecule has 0 radical (unpaired) electrons. The number of hydrogen-bond donors (Lipinski definition) is 1. The van der Waals surface area contributed by atoms with Crippen LogP contribution in [0.4, 0.5) is 11.8 Å². The lowest BCUT2D eigenvalue weighted by molar-refractivity contribution is 0.461. The van der Waals surface area contributed by atoms with E-state index >= 15 is 0 Å². The van der Waals surface area contributed by atoms with Crippen LogP contribution in [0.5, 0.6) is 0 Å². The molecule has 0 aromatic carbocycles. The zero-order valence-electron chi connectivity index (χ0n) is 16.7. The molecule has 6 nitrogen and oxygen atoms in total. The first-order valence-electron chi connectivity index (χ1n) is 10.6. The third-order valence-corrected chi connectivity index (χ3v) is 6.16. The van der Waals surface area contributed by atoms with Gasteiger partial charge in [0.1, 0.15) is 5.82 Å². The van der Waals surface area contributed by atoms with Crippen LogP contribution < -0.4 is 10.2 Å². The summed E-state index contributed by atoms with van der Waals surface area (Å²) in [6.07, 6.45) is 15.4. The van der Waals surface area contributed by atoms with Crippen molar-refractivity contribution in [3.05, 3.63) is 18.5 Å². The van der Waals surface area contributed by atoms with Gasteiger partial charge in [-0.2, -0.15) is 5.10 Å². The molecule has 27 heavy (non-hydrogen) atoms. The van der Waals surface area contributed by atoms with Gasteiger partial charge in [0, 0.05) is 31.9 Å². The lowest BCUT2D eigenvalue weighted by Crippen LogP contribution is -2.34. The van der Waals surface area contributed by atoms with Crippen LogP contribution >= 0.6 is 0 Å². The fourth-order valence-electron chi connectivity index (χ4n) is 4.76. The van der Waals surface area contributed by atoms with Gasteiger partial charge in [-0.15, -0.1) is 0 Å². The minimum atomic E-state index is 0.507. The Labute approximate surface area is 162 Å². The summed E-state index contributed by atoms with van der Waals surface area (Å²) in [5.41, 5.74) is 2.07. The highest BCUT2D eigenvalue weighted by molar-refractivity contribution is 5.74. The van der Waals surface area contributed by atoms with Crippen LogP contribution in [0.25, 0.3) is 11.3 Å². The van der Waals surface area contributed by atoms with Gasteiger partial charge in [-0.1, -0.05) is 32.1 Å². The second kappa shape index (κ2) is 8.28. The minimum absolute atomic E-state index is 0.507. The molecule has 2 fully saturated rings. The average Bonchev–Trinajstić information content (AvgIpc) is 3.35. The predicted octanol–water partition coefficient (Wildman–Crippen LogP) is 4.39. The Kier molecular flexibility index (Phi) is 5.60. The molecule has 1 N–H and O–H groups in total. The molecule has 0 bridgehead atoms. The SMILES string of the molecule is CCN(c1c(-c2ccnc(NC3CCCCC3)n2)cnn1C)C1CCCC1. The van der Waals surface area contributed by atoms with Crippen LogP contribution in [0, 0.1) is 0 Å². The van der Waals surface area contributed by atoms with Crippen molar-refractivity contribution in [2.45, 2.75) is 76.8 Å². The number of anilines is 2. The molecule has 2 aromatic heterocycles. The fraction of sp³-hybridized carbons (Fsp3) is 0.667. The standard InChI is InChI=1S/C21H32N6/c1-3-27(17-11-7-8-12-17)20-18(15-23-26(20)2)19-13-14-22-21(25-19)24-16-9-5-4-6-10-16/h13-17H,3-12H2,1-2H3,(H,22,24,25). The highest BCUT2D eigenvalue weighted by Gasteiger charge is 2.27. The summed E-state index contributed by atoms with van der Waals surface area (Å²) in [6.45, 7) is 3.24. The highest BCUT2D eigenvalue weighted by Crippen LogP contribution is 2.34. The van der Waals surface area contributed by atoms with Gasteiger partial charge in [0.05, 0.1) is 17.5 Å². The first-order chi connectivity index (χ1) is 13.3. The average molecular weight is 369 g/mol. The topological polar surface area (TPSA) is 58.9 Å². The van der Waals surface area contributed by atoms with Crippen molar-refractivity contribution in [1.82, 2.24) is 19.7 Å². The van der Waals surface area contributed by atoms with Crippen molar-refractivity contribution < 1.29 is 0 Å². The number of hydrogen-bond acceptors (Lipinski definition) is 5. The van der Waals surface area contributed by atoms with Crippen LogP contribution in [-0.4, -0.2) is 38.4 Å². The Morgan fingerprint density at radius 3 is 2.59 bits per heavy atom. The molecule has 2 aliphatic carbocycles. The quantitative estimate of drug-likeness (QED) is 0.819. The van der Waals surface area contributed by atoms with E-state index in [4.69, 9.17) is 4.98 Å². The third kappa shape index (κ3) is 3.94. The van der Waals surface area contributed by atoms with Crippen molar-refractivity contribution in [3.63, 3.8) is 0 Å². The van der Waals surface area contributed by atoms with Crippen molar-refractivity contribution in [3.8, 4) is 11.3 Å². The van der Waals surface area contributed by atoms with E-state index < -0.39 is 0 Å². The summed E-state index contributed by atoms with van der Waals surface area (Å²) in [5, 5.41) is 8.13. The van der Waals surface area contributed by atoms with E-state index in [-0.39, 0.29) is 0 Å². The van der Waals surface area contributed by atoms with Gasteiger partial charge in [-0.3, -0.25) is 4.68 Å². The van der Waals surface area contributed by atoms with Crippen LogP contribution in [0.1, 0.15) is 64.7 Å².